The minimum atomic E-state index is -7.22. The molecule has 1 aliphatic carbocycles. The van der Waals surface area contributed by atoms with Gasteiger partial charge in [0.25, 0.3) is 0 Å². The van der Waals surface area contributed by atoms with Crippen molar-refractivity contribution in [3.63, 3.8) is 0 Å². The fraction of sp³-hybridized carbons (Fsp3) is 0.0444. The molecular formula is C45H17BF20N2O2. The van der Waals surface area contributed by atoms with Crippen molar-refractivity contribution >= 4 is 40.0 Å². The van der Waals surface area contributed by atoms with Gasteiger partial charge >= 0.3 is 11.7 Å². The lowest BCUT2D eigenvalue weighted by atomic mass is 9.12. The van der Waals surface area contributed by atoms with Crippen molar-refractivity contribution in [1.82, 2.24) is 4.98 Å². The SMILES string of the molecule is Fc1c(F)c(F)c([B-](c2c(F)c(F)c(F)c(F)c2F)(c2c(F)c(F)c(F)c(F)c2F)c2c(F)c(F)c(F)c(F)c2F)c(F)c1F.O=C(OC1C=Cc2ccccc21)c1cncc[n+]1Cc1ccccc1. The van der Waals surface area contributed by atoms with Crippen molar-refractivity contribution in [2.45, 2.75) is 12.6 Å². The summed E-state index contributed by atoms with van der Waals surface area (Å²) in [6.45, 7) is 0.588. The third-order valence-corrected chi connectivity index (χ3v) is 10.9. The van der Waals surface area contributed by atoms with Crippen LogP contribution in [-0.2, 0) is 11.3 Å². The summed E-state index contributed by atoms with van der Waals surface area (Å²) in [6.07, 6.45) is 1.33. The van der Waals surface area contributed by atoms with Crippen molar-refractivity contribution in [3.05, 3.63) is 218 Å². The molecule has 1 aromatic heterocycles. The zero-order chi connectivity index (χ0) is 51.4. The molecule has 4 nitrogen and oxygen atoms in total. The molecule has 0 radical (unpaired) electrons. The van der Waals surface area contributed by atoms with E-state index < -0.39 is 144 Å². The van der Waals surface area contributed by atoms with Gasteiger partial charge in [0.15, 0.2) is 82.5 Å². The van der Waals surface area contributed by atoms with Crippen LogP contribution in [0, 0.1) is 116 Å². The number of carbonyl (C=O) groups excluding carboxylic acids is 1. The summed E-state index contributed by atoms with van der Waals surface area (Å²) in [6, 6.07) is 17.9. The van der Waals surface area contributed by atoms with Crippen molar-refractivity contribution in [1.29, 1.82) is 0 Å². The van der Waals surface area contributed by atoms with Gasteiger partial charge in [-0.25, -0.2) is 92.6 Å². The van der Waals surface area contributed by atoms with E-state index in [1.54, 1.807) is 18.6 Å². The standard InChI is InChI=1S/C24BF20.C21H17N2O2/c26-5-1(6(27)14(35)21(42)13(5)34)25(2-7(28)15(36)22(43)16(37)8(2)29,3-9(30)17(38)23(44)18(39)10(3)31)4-11(32)19(40)24(45)20(41)12(4)33;24-21(25-20-11-10-17-8-4-5-9-18(17)20)19-14-22-12-13-23(19)15-16-6-2-1-3-7-16/h;1-14,20H,15H2/q-1;+1. The third kappa shape index (κ3) is 7.94. The Morgan fingerprint density at radius 2 is 0.814 bits per heavy atom. The summed E-state index contributed by atoms with van der Waals surface area (Å²) >= 11 is 0. The van der Waals surface area contributed by atoms with Crippen LogP contribution in [0.5, 0.6) is 0 Å². The molecule has 0 bridgehead atoms. The number of benzene rings is 6. The summed E-state index contributed by atoms with van der Waals surface area (Å²) in [7, 11) is 0. The summed E-state index contributed by atoms with van der Waals surface area (Å²) in [5.74, 6) is -71.8. The Hall–Kier alpha value is -7.73. The fourth-order valence-electron chi connectivity index (χ4n) is 7.84. The first-order chi connectivity index (χ1) is 33.0. The zero-order valence-electron chi connectivity index (χ0n) is 33.7. The lowest BCUT2D eigenvalue weighted by Crippen LogP contribution is -2.81. The first-order valence-electron chi connectivity index (χ1n) is 19.1. The molecule has 0 amide bonds. The van der Waals surface area contributed by atoms with Crippen LogP contribution in [0.25, 0.3) is 6.08 Å². The first kappa shape index (κ1) is 50.2. The van der Waals surface area contributed by atoms with Crippen LogP contribution in [0.1, 0.15) is 33.3 Å². The van der Waals surface area contributed by atoms with Crippen LogP contribution >= 0.6 is 0 Å². The van der Waals surface area contributed by atoms with E-state index in [9.17, 15) is 57.5 Å². The Labute approximate surface area is 377 Å². The first-order valence-corrected chi connectivity index (χ1v) is 19.1. The van der Waals surface area contributed by atoms with Crippen LogP contribution in [0.4, 0.5) is 87.8 Å². The van der Waals surface area contributed by atoms with Crippen LogP contribution < -0.4 is 26.4 Å². The molecule has 1 aliphatic rings. The molecule has 0 N–H and O–H groups in total. The quantitative estimate of drug-likeness (QED) is 0.0381. The molecule has 362 valence electrons. The van der Waals surface area contributed by atoms with Gasteiger partial charge in [-0.15, -0.1) is 21.9 Å². The number of esters is 1. The Kier molecular flexibility index (Phi) is 13.6. The highest BCUT2D eigenvalue weighted by atomic mass is 19.2. The average Bonchev–Trinajstić information content (AvgIpc) is 3.76. The second-order valence-corrected chi connectivity index (χ2v) is 14.7. The molecule has 0 saturated carbocycles. The van der Waals surface area contributed by atoms with Gasteiger partial charge in [-0.2, -0.15) is 4.57 Å². The Balaban J connectivity index is 0.000000242. The van der Waals surface area contributed by atoms with Gasteiger partial charge in [0, 0.05) is 11.1 Å². The molecule has 1 unspecified atom stereocenters. The van der Waals surface area contributed by atoms with E-state index in [2.05, 4.69) is 4.98 Å². The molecule has 70 heavy (non-hydrogen) atoms. The monoisotopic (exact) mass is 1010 g/mol. The number of halogens is 20. The van der Waals surface area contributed by atoms with Crippen LogP contribution in [0.3, 0.4) is 0 Å². The van der Waals surface area contributed by atoms with E-state index in [1.807, 2.05) is 71.3 Å². The largest absolute Gasteiger partial charge is 0.445 e. The van der Waals surface area contributed by atoms with Crippen molar-refractivity contribution in [2.75, 3.05) is 0 Å². The number of ether oxygens (including phenoxy) is 1. The second-order valence-electron chi connectivity index (χ2n) is 14.7. The van der Waals surface area contributed by atoms with Gasteiger partial charge in [-0.1, -0.05) is 60.7 Å². The Morgan fingerprint density at radius 1 is 0.471 bits per heavy atom. The van der Waals surface area contributed by atoms with E-state index in [-0.39, 0.29) is 12.1 Å². The number of hydrogen-bond acceptors (Lipinski definition) is 3. The van der Waals surface area contributed by atoms with Gasteiger partial charge in [-0.05, 0) is 11.6 Å². The zero-order valence-corrected chi connectivity index (χ0v) is 33.7. The van der Waals surface area contributed by atoms with E-state index in [0.29, 0.717) is 12.2 Å². The molecule has 6 aromatic carbocycles. The van der Waals surface area contributed by atoms with Crippen LogP contribution in [-0.4, -0.2) is 17.1 Å². The highest BCUT2D eigenvalue weighted by Crippen LogP contribution is 2.33. The molecule has 0 aliphatic heterocycles. The van der Waals surface area contributed by atoms with E-state index >= 15 is 35.1 Å². The maximum Gasteiger partial charge on any atom is 0.406 e. The Morgan fingerprint density at radius 3 is 1.20 bits per heavy atom. The van der Waals surface area contributed by atoms with Gasteiger partial charge in [0.05, 0.1) is 6.20 Å². The smallest absolute Gasteiger partial charge is 0.406 e. The van der Waals surface area contributed by atoms with E-state index in [1.165, 1.54) is 0 Å². The number of rotatable bonds is 8. The predicted molar refractivity (Wildman–Crippen MR) is 203 cm³/mol. The van der Waals surface area contributed by atoms with Crippen molar-refractivity contribution in [3.8, 4) is 0 Å². The van der Waals surface area contributed by atoms with Crippen LogP contribution in [0.15, 0.2) is 79.3 Å². The number of nitrogens with zero attached hydrogens (tertiary/aromatic N) is 2. The average molecular weight is 1010 g/mol. The van der Waals surface area contributed by atoms with Gasteiger partial charge in [0.1, 0.15) is 65.0 Å². The topological polar surface area (TPSA) is 43.1 Å². The summed E-state index contributed by atoms with van der Waals surface area (Å²) in [4.78, 5) is 16.8. The van der Waals surface area contributed by atoms with Crippen molar-refractivity contribution in [2.24, 2.45) is 0 Å². The molecule has 0 fully saturated rings. The number of carbonyl (C=O) groups is 1. The number of aromatic nitrogens is 2. The molecule has 25 heteroatoms. The maximum atomic E-state index is 15.4. The second kappa shape index (κ2) is 19.0. The molecule has 8 rings (SSSR count). The summed E-state index contributed by atoms with van der Waals surface area (Å²) < 4.78 is 302. The van der Waals surface area contributed by atoms with Crippen LogP contribution in [0.2, 0.25) is 0 Å². The molecule has 1 heterocycles. The highest BCUT2D eigenvalue weighted by Gasteiger charge is 2.52. The molecular weight excluding hydrogens is 991 g/mol. The summed E-state index contributed by atoms with van der Waals surface area (Å²) in [5, 5.41) is 0. The Bertz CT molecular complexity index is 2940. The third-order valence-electron chi connectivity index (χ3n) is 10.9. The molecule has 0 spiro atoms. The van der Waals surface area contributed by atoms with E-state index in [0.717, 1.165) is 16.7 Å². The van der Waals surface area contributed by atoms with Gasteiger partial charge in [0.2, 0.25) is 0 Å². The molecule has 1 atom stereocenters. The van der Waals surface area contributed by atoms with Crippen molar-refractivity contribution < 1.29 is 102 Å². The number of hydrogen-bond donors (Lipinski definition) is 0. The summed E-state index contributed by atoms with van der Waals surface area (Å²) in [5.41, 5.74) is -10.7. The minimum Gasteiger partial charge on any atom is -0.445 e. The fourth-order valence-corrected chi connectivity index (χ4v) is 7.84. The minimum absolute atomic E-state index is 0.353. The predicted octanol–water partition coefficient (Wildman–Crippen LogP) is 9.19. The van der Waals surface area contributed by atoms with Gasteiger partial charge in [-0.3, -0.25) is 4.98 Å². The van der Waals surface area contributed by atoms with Gasteiger partial charge < -0.3 is 4.74 Å². The maximum absolute atomic E-state index is 15.4. The molecule has 7 aromatic rings. The van der Waals surface area contributed by atoms with E-state index in [4.69, 9.17) is 4.74 Å². The molecule has 0 saturated heterocycles. The normalized spacial score (nSPS) is 13.1. The highest BCUT2D eigenvalue weighted by molar-refractivity contribution is 7.20. The lowest BCUT2D eigenvalue weighted by Gasteiger charge is -2.44. The number of fused-ring (bicyclic) bond motifs is 1. The lowest BCUT2D eigenvalue weighted by molar-refractivity contribution is -0.691.